The molecule has 1 heterocycles. The number of nitrogens with zero attached hydrogens (tertiary/aromatic N) is 2. The van der Waals surface area contributed by atoms with Crippen LogP contribution in [0.15, 0.2) is 9.52 Å². The molecule has 2 N–H and O–H groups in total. The van der Waals surface area contributed by atoms with Gasteiger partial charge in [0.2, 0.25) is 0 Å². The Hall–Kier alpha value is -1.52. The molecule has 1 aliphatic carbocycles. The lowest BCUT2D eigenvalue weighted by atomic mass is 10.1. The van der Waals surface area contributed by atoms with Crippen molar-refractivity contribution in [2.75, 3.05) is 7.05 Å². The van der Waals surface area contributed by atoms with Crippen molar-refractivity contribution < 1.29 is 4.52 Å². The zero-order chi connectivity index (χ0) is 13.8. The Labute approximate surface area is 114 Å². The van der Waals surface area contributed by atoms with Gasteiger partial charge in [0.25, 0.3) is 0 Å². The van der Waals surface area contributed by atoms with Gasteiger partial charge < -0.3 is 15.2 Å². The number of aliphatic imine (C=N–C) groups is 1. The Kier molecular flexibility index (Phi) is 4.45. The van der Waals surface area contributed by atoms with Crippen LogP contribution >= 0.6 is 0 Å². The normalized spacial score (nSPS) is 22.4. The molecule has 2 unspecified atom stereocenters. The summed E-state index contributed by atoms with van der Waals surface area (Å²) in [5, 5.41) is 10.9. The predicted octanol–water partition coefficient (Wildman–Crippen LogP) is 1.87. The quantitative estimate of drug-likeness (QED) is 0.629. The second-order valence-corrected chi connectivity index (χ2v) is 5.13. The number of aryl methyl sites for hydroxylation is 2. The van der Waals surface area contributed by atoms with Gasteiger partial charge in [-0.1, -0.05) is 25.9 Å². The van der Waals surface area contributed by atoms with Crippen molar-refractivity contribution in [1.82, 2.24) is 15.8 Å². The Morgan fingerprint density at radius 3 is 2.68 bits per heavy atom. The predicted molar refractivity (Wildman–Crippen MR) is 76.2 cm³/mol. The van der Waals surface area contributed by atoms with E-state index in [1.807, 2.05) is 0 Å². The highest BCUT2D eigenvalue weighted by Gasteiger charge is 2.33. The highest BCUT2D eigenvalue weighted by Crippen LogP contribution is 2.28. The van der Waals surface area contributed by atoms with Crippen molar-refractivity contribution in [2.45, 2.75) is 52.6 Å². The molecule has 0 radical (unpaired) electrons. The van der Waals surface area contributed by atoms with E-state index in [-0.39, 0.29) is 0 Å². The summed E-state index contributed by atoms with van der Waals surface area (Å²) in [6, 6.07) is 0.574. The smallest absolute Gasteiger partial charge is 0.191 e. The third kappa shape index (κ3) is 3.28. The summed E-state index contributed by atoms with van der Waals surface area (Å²) < 4.78 is 5.36. The Bertz CT molecular complexity index is 431. The molecule has 1 aromatic rings. The van der Waals surface area contributed by atoms with Gasteiger partial charge in [-0.25, -0.2) is 0 Å². The van der Waals surface area contributed by atoms with Gasteiger partial charge in [0.15, 0.2) is 5.96 Å². The highest BCUT2D eigenvalue weighted by atomic mass is 16.5. The Morgan fingerprint density at radius 1 is 1.42 bits per heavy atom. The lowest BCUT2D eigenvalue weighted by Gasteiger charge is -2.11. The topological polar surface area (TPSA) is 62.5 Å². The maximum atomic E-state index is 5.36. The fraction of sp³-hybridized carbons (Fsp3) is 0.714. The summed E-state index contributed by atoms with van der Waals surface area (Å²) >= 11 is 0. The second-order valence-electron chi connectivity index (χ2n) is 5.13. The Balaban J connectivity index is 1.95. The molecular weight excluding hydrogens is 240 g/mol. The second kappa shape index (κ2) is 6.08. The average molecular weight is 264 g/mol. The van der Waals surface area contributed by atoms with Crippen molar-refractivity contribution in [1.29, 1.82) is 0 Å². The van der Waals surface area contributed by atoms with Crippen LogP contribution in [0.3, 0.4) is 0 Å². The van der Waals surface area contributed by atoms with E-state index in [0.717, 1.165) is 42.7 Å². The van der Waals surface area contributed by atoms with Gasteiger partial charge in [-0.3, -0.25) is 4.99 Å². The minimum Gasteiger partial charge on any atom is -0.361 e. The van der Waals surface area contributed by atoms with Crippen molar-refractivity contribution in [3.63, 3.8) is 0 Å². The monoisotopic (exact) mass is 264 g/mol. The van der Waals surface area contributed by atoms with E-state index in [4.69, 9.17) is 4.52 Å². The summed E-state index contributed by atoms with van der Waals surface area (Å²) in [4.78, 5) is 4.26. The number of nitrogens with one attached hydrogen (secondary N) is 2. The van der Waals surface area contributed by atoms with Gasteiger partial charge in [-0.2, -0.15) is 0 Å². The molecule has 5 heteroatoms. The minimum atomic E-state index is 0.574. The van der Waals surface area contributed by atoms with Crippen molar-refractivity contribution in [3.8, 4) is 0 Å². The molecule has 0 amide bonds. The van der Waals surface area contributed by atoms with Gasteiger partial charge in [0, 0.05) is 31.6 Å². The van der Waals surface area contributed by atoms with E-state index in [9.17, 15) is 0 Å². The molecule has 5 nitrogen and oxygen atoms in total. The molecule has 1 saturated carbocycles. The molecule has 0 saturated heterocycles. The molecule has 0 aromatic carbocycles. The van der Waals surface area contributed by atoms with Crippen LogP contribution in [-0.4, -0.2) is 24.2 Å². The van der Waals surface area contributed by atoms with Crippen LogP contribution in [0.1, 0.15) is 44.2 Å². The first-order chi connectivity index (χ1) is 9.19. The number of hydrogen-bond acceptors (Lipinski definition) is 3. The third-order valence-electron chi connectivity index (χ3n) is 3.69. The van der Waals surface area contributed by atoms with Gasteiger partial charge in [-0.15, -0.1) is 0 Å². The lowest BCUT2D eigenvalue weighted by molar-refractivity contribution is 0.380. The van der Waals surface area contributed by atoms with Crippen LogP contribution in [0, 0.1) is 5.92 Å². The Morgan fingerprint density at radius 2 is 2.16 bits per heavy atom. The van der Waals surface area contributed by atoms with E-state index in [1.54, 1.807) is 7.05 Å². The summed E-state index contributed by atoms with van der Waals surface area (Å²) in [7, 11) is 1.80. The van der Waals surface area contributed by atoms with Gasteiger partial charge >= 0.3 is 0 Å². The van der Waals surface area contributed by atoms with Crippen LogP contribution in [0.5, 0.6) is 0 Å². The maximum Gasteiger partial charge on any atom is 0.191 e. The number of hydrogen-bond donors (Lipinski definition) is 2. The van der Waals surface area contributed by atoms with Gasteiger partial charge in [0.05, 0.1) is 5.69 Å². The van der Waals surface area contributed by atoms with E-state index < -0.39 is 0 Å². The van der Waals surface area contributed by atoms with Crippen LogP contribution < -0.4 is 10.6 Å². The molecule has 0 bridgehead atoms. The molecule has 2 atom stereocenters. The fourth-order valence-electron chi connectivity index (χ4n) is 2.20. The van der Waals surface area contributed by atoms with Crippen molar-refractivity contribution in [3.05, 3.63) is 17.0 Å². The number of aromatic nitrogens is 1. The molecule has 2 rings (SSSR count). The van der Waals surface area contributed by atoms with Crippen molar-refractivity contribution in [2.24, 2.45) is 10.9 Å². The number of guanidine groups is 1. The van der Waals surface area contributed by atoms with Crippen LogP contribution in [-0.2, 0) is 19.4 Å². The van der Waals surface area contributed by atoms with E-state index >= 15 is 0 Å². The molecule has 1 fully saturated rings. The highest BCUT2D eigenvalue weighted by molar-refractivity contribution is 5.80. The molecule has 1 aliphatic rings. The molecule has 106 valence electrons. The summed E-state index contributed by atoms with van der Waals surface area (Å²) in [6.07, 6.45) is 3.00. The molecule has 1 aromatic heterocycles. The molecule has 0 spiro atoms. The average Bonchev–Trinajstić information content (AvgIpc) is 2.97. The van der Waals surface area contributed by atoms with E-state index in [2.05, 4.69) is 41.6 Å². The standard InChI is InChI=1S/C14H24N4O/c1-5-11-10(13(6-2)19-18-11)8-16-14(15-4)17-12-7-9(12)3/h9,12H,5-8H2,1-4H3,(H2,15,16,17). The van der Waals surface area contributed by atoms with E-state index in [0.29, 0.717) is 6.04 Å². The zero-order valence-electron chi connectivity index (χ0n) is 12.3. The SMILES string of the molecule is CCc1noc(CC)c1CNC(=NC)NC1CC1C. The van der Waals surface area contributed by atoms with Gasteiger partial charge in [-0.05, 0) is 18.8 Å². The summed E-state index contributed by atoms with van der Waals surface area (Å²) in [5.74, 6) is 2.59. The third-order valence-corrected chi connectivity index (χ3v) is 3.69. The van der Waals surface area contributed by atoms with E-state index in [1.165, 1.54) is 12.0 Å². The molecular formula is C14H24N4O. The fourth-order valence-corrected chi connectivity index (χ4v) is 2.20. The largest absolute Gasteiger partial charge is 0.361 e. The van der Waals surface area contributed by atoms with Crippen LogP contribution in [0.2, 0.25) is 0 Å². The zero-order valence-corrected chi connectivity index (χ0v) is 12.3. The maximum absolute atomic E-state index is 5.36. The first kappa shape index (κ1) is 13.9. The number of rotatable bonds is 5. The summed E-state index contributed by atoms with van der Waals surface area (Å²) in [5.41, 5.74) is 2.22. The first-order valence-corrected chi connectivity index (χ1v) is 7.13. The lowest BCUT2D eigenvalue weighted by Crippen LogP contribution is -2.38. The summed E-state index contributed by atoms with van der Waals surface area (Å²) in [6.45, 7) is 7.15. The molecule has 0 aliphatic heterocycles. The minimum absolute atomic E-state index is 0.574. The van der Waals surface area contributed by atoms with Crippen molar-refractivity contribution >= 4 is 5.96 Å². The molecule has 19 heavy (non-hydrogen) atoms. The van der Waals surface area contributed by atoms with Crippen LogP contribution in [0.4, 0.5) is 0 Å². The van der Waals surface area contributed by atoms with Gasteiger partial charge in [0.1, 0.15) is 5.76 Å². The first-order valence-electron chi connectivity index (χ1n) is 7.13. The van der Waals surface area contributed by atoms with Crippen LogP contribution in [0.25, 0.3) is 0 Å².